The van der Waals surface area contributed by atoms with Crippen molar-refractivity contribution in [3.8, 4) is 11.3 Å². The van der Waals surface area contributed by atoms with Crippen molar-refractivity contribution in [2.75, 3.05) is 19.6 Å². The number of halogens is 1. The maximum atomic E-state index is 14.3. The van der Waals surface area contributed by atoms with Crippen LogP contribution in [0.25, 0.3) is 16.9 Å². The van der Waals surface area contributed by atoms with E-state index >= 15 is 0 Å². The van der Waals surface area contributed by atoms with E-state index in [9.17, 15) is 14.0 Å². The zero-order chi connectivity index (χ0) is 27.2. The number of imidazole rings is 1. The number of aromatic nitrogens is 5. The zero-order valence-corrected chi connectivity index (χ0v) is 22.1. The van der Waals surface area contributed by atoms with E-state index in [2.05, 4.69) is 20.1 Å². The minimum absolute atomic E-state index is 0.103. The molecule has 3 aromatic heterocycles. The van der Waals surface area contributed by atoms with Crippen molar-refractivity contribution in [3.05, 3.63) is 77.4 Å². The molecule has 0 unspecified atom stereocenters. The summed E-state index contributed by atoms with van der Waals surface area (Å²) >= 11 is 0. The Bertz CT molecular complexity index is 1530. The number of piperazine rings is 1. The molecule has 4 heterocycles. The highest BCUT2D eigenvalue weighted by Gasteiger charge is 2.40. The van der Waals surface area contributed by atoms with Gasteiger partial charge in [0.2, 0.25) is 5.82 Å². The van der Waals surface area contributed by atoms with Gasteiger partial charge in [-0.05, 0) is 50.5 Å². The van der Waals surface area contributed by atoms with E-state index in [1.165, 1.54) is 18.5 Å². The normalized spacial score (nSPS) is 15.3. The van der Waals surface area contributed by atoms with E-state index in [0.717, 1.165) is 5.56 Å². The van der Waals surface area contributed by atoms with E-state index in [-0.39, 0.29) is 35.1 Å². The fourth-order valence-corrected chi connectivity index (χ4v) is 4.82. The molecule has 1 fully saturated rings. The Labute approximate surface area is 220 Å². The zero-order valence-electron chi connectivity index (χ0n) is 22.1. The number of carbonyl (C=O) groups is 2. The topological polar surface area (TPSA) is 96.6 Å². The molecular formula is C28H30FN7O2. The number of amides is 2. The first-order chi connectivity index (χ1) is 18.0. The Morgan fingerprint density at radius 2 is 1.79 bits per heavy atom. The molecular weight excluding hydrogens is 485 g/mol. The van der Waals surface area contributed by atoms with Gasteiger partial charge in [-0.2, -0.15) is 5.10 Å². The Morgan fingerprint density at radius 1 is 1.05 bits per heavy atom. The van der Waals surface area contributed by atoms with Gasteiger partial charge in [0, 0.05) is 43.2 Å². The third-order valence-corrected chi connectivity index (χ3v) is 6.95. The van der Waals surface area contributed by atoms with Gasteiger partial charge >= 0.3 is 0 Å². The standard InChI is InChI=1S/C28H30FN7O2/c1-17(2)20-14-22(19-8-7-18(3)21(29)13-19)33-36-15-23(32-25(20)36)26(37)35-12-11-34(16-28(35,4)5)27(38)24-30-9-6-10-31-24/h6-10,13-15,17H,11-12,16H2,1-5H3. The molecule has 10 heteroatoms. The number of rotatable bonds is 4. The van der Waals surface area contributed by atoms with Crippen LogP contribution in [-0.2, 0) is 0 Å². The van der Waals surface area contributed by atoms with E-state index < -0.39 is 5.54 Å². The average Bonchev–Trinajstić information content (AvgIpc) is 3.33. The van der Waals surface area contributed by atoms with E-state index in [1.807, 2.05) is 39.8 Å². The van der Waals surface area contributed by atoms with Crippen LogP contribution in [0.5, 0.6) is 0 Å². The Morgan fingerprint density at radius 3 is 2.45 bits per heavy atom. The number of fused-ring (bicyclic) bond motifs is 1. The summed E-state index contributed by atoms with van der Waals surface area (Å²) in [5.41, 5.74) is 2.95. The monoisotopic (exact) mass is 515 g/mol. The predicted octanol–water partition coefficient (Wildman–Crippen LogP) is 4.13. The molecule has 5 rings (SSSR count). The summed E-state index contributed by atoms with van der Waals surface area (Å²) in [5.74, 6) is -0.549. The summed E-state index contributed by atoms with van der Waals surface area (Å²) in [6.07, 6.45) is 4.70. The van der Waals surface area contributed by atoms with Crippen molar-refractivity contribution in [3.63, 3.8) is 0 Å². The molecule has 9 nitrogen and oxygen atoms in total. The first-order valence-electron chi connectivity index (χ1n) is 12.6. The molecule has 1 saturated heterocycles. The lowest BCUT2D eigenvalue weighted by molar-refractivity contribution is 0.0160. The summed E-state index contributed by atoms with van der Waals surface area (Å²) < 4.78 is 15.9. The molecule has 0 atom stereocenters. The largest absolute Gasteiger partial charge is 0.332 e. The van der Waals surface area contributed by atoms with Crippen molar-refractivity contribution in [1.29, 1.82) is 0 Å². The summed E-state index contributed by atoms with van der Waals surface area (Å²) in [7, 11) is 0. The Kier molecular flexibility index (Phi) is 6.42. The van der Waals surface area contributed by atoms with Crippen molar-refractivity contribution >= 4 is 17.5 Å². The van der Waals surface area contributed by atoms with Gasteiger partial charge in [-0.1, -0.05) is 26.0 Å². The molecule has 0 N–H and O–H groups in total. The first kappa shape index (κ1) is 25.4. The average molecular weight is 516 g/mol. The van der Waals surface area contributed by atoms with Crippen molar-refractivity contribution < 1.29 is 14.0 Å². The molecule has 196 valence electrons. The van der Waals surface area contributed by atoms with Gasteiger partial charge in [0.05, 0.1) is 17.4 Å². The lowest BCUT2D eigenvalue weighted by Crippen LogP contribution is -2.62. The second-order valence-corrected chi connectivity index (χ2v) is 10.6. The van der Waals surface area contributed by atoms with Crippen LogP contribution in [0.4, 0.5) is 4.39 Å². The van der Waals surface area contributed by atoms with Crippen LogP contribution in [0.3, 0.4) is 0 Å². The molecule has 1 aliphatic heterocycles. The predicted molar refractivity (Wildman–Crippen MR) is 140 cm³/mol. The van der Waals surface area contributed by atoms with Gasteiger partial charge in [-0.25, -0.2) is 23.9 Å². The lowest BCUT2D eigenvalue weighted by atomic mass is 9.98. The Balaban J connectivity index is 1.45. The summed E-state index contributed by atoms with van der Waals surface area (Å²) in [4.78, 5) is 42.8. The van der Waals surface area contributed by atoms with Crippen LogP contribution < -0.4 is 0 Å². The Hall–Kier alpha value is -4.21. The highest BCUT2D eigenvalue weighted by atomic mass is 19.1. The number of carbonyl (C=O) groups excluding carboxylic acids is 2. The van der Waals surface area contributed by atoms with Gasteiger partial charge in [0.1, 0.15) is 11.5 Å². The van der Waals surface area contributed by atoms with Crippen LogP contribution in [0.1, 0.15) is 65.8 Å². The number of nitrogens with zero attached hydrogens (tertiary/aromatic N) is 7. The molecule has 2 amide bonds. The molecule has 0 spiro atoms. The lowest BCUT2D eigenvalue weighted by Gasteiger charge is -2.46. The quantitative estimate of drug-likeness (QED) is 0.405. The van der Waals surface area contributed by atoms with Crippen LogP contribution >= 0.6 is 0 Å². The van der Waals surface area contributed by atoms with Crippen LogP contribution in [0.2, 0.25) is 0 Å². The van der Waals surface area contributed by atoms with E-state index in [1.54, 1.807) is 39.6 Å². The summed E-state index contributed by atoms with van der Waals surface area (Å²) in [5, 5.41) is 4.66. The fourth-order valence-electron chi connectivity index (χ4n) is 4.82. The third kappa shape index (κ3) is 4.62. The second-order valence-electron chi connectivity index (χ2n) is 10.6. The van der Waals surface area contributed by atoms with Crippen molar-refractivity contribution in [2.24, 2.45) is 0 Å². The number of aryl methyl sites for hydroxylation is 1. The van der Waals surface area contributed by atoms with Gasteiger partial charge in [-0.15, -0.1) is 0 Å². The smallest absolute Gasteiger partial charge is 0.291 e. The molecule has 0 radical (unpaired) electrons. The van der Waals surface area contributed by atoms with E-state index in [4.69, 9.17) is 0 Å². The molecule has 0 saturated carbocycles. The molecule has 4 aromatic rings. The van der Waals surface area contributed by atoms with Crippen molar-refractivity contribution in [1.82, 2.24) is 34.4 Å². The number of benzene rings is 1. The van der Waals surface area contributed by atoms with Crippen LogP contribution in [0.15, 0.2) is 48.9 Å². The summed E-state index contributed by atoms with van der Waals surface area (Å²) in [6, 6.07) is 8.60. The van der Waals surface area contributed by atoms with Crippen LogP contribution in [0, 0.1) is 12.7 Å². The van der Waals surface area contributed by atoms with Gasteiger partial charge in [-0.3, -0.25) is 9.59 Å². The fraction of sp³-hybridized carbons (Fsp3) is 0.357. The van der Waals surface area contributed by atoms with E-state index in [0.29, 0.717) is 42.1 Å². The van der Waals surface area contributed by atoms with Gasteiger partial charge in [0.15, 0.2) is 5.65 Å². The first-order valence-corrected chi connectivity index (χ1v) is 12.6. The molecule has 0 bridgehead atoms. The summed E-state index contributed by atoms with van der Waals surface area (Å²) in [6.45, 7) is 10.7. The third-order valence-electron chi connectivity index (χ3n) is 6.95. The maximum absolute atomic E-state index is 14.3. The molecule has 0 aliphatic carbocycles. The van der Waals surface area contributed by atoms with Crippen LogP contribution in [-0.4, -0.2) is 71.4 Å². The minimum Gasteiger partial charge on any atom is -0.332 e. The minimum atomic E-state index is -0.644. The molecule has 38 heavy (non-hydrogen) atoms. The maximum Gasteiger partial charge on any atom is 0.291 e. The van der Waals surface area contributed by atoms with Gasteiger partial charge in [0.25, 0.3) is 11.8 Å². The van der Waals surface area contributed by atoms with Crippen molar-refractivity contribution in [2.45, 2.75) is 46.1 Å². The van der Waals surface area contributed by atoms with Gasteiger partial charge < -0.3 is 9.80 Å². The molecule has 1 aromatic carbocycles. The second kappa shape index (κ2) is 9.59. The SMILES string of the molecule is Cc1ccc(-c2cc(C(C)C)c3nc(C(=O)N4CCN(C(=O)c5ncccn5)CC4(C)C)cn3n2)cc1F. The highest BCUT2D eigenvalue weighted by molar-refractivity contribution is 5.94. The highest BCUT2D eigenvalue weighted by Crippen LogP contribution is 2.28. The molecule has 1 aliphatic rings. The number of hydrogen-bond acceptors (Lipinski definition) is 6. The number of hydrogen-bond donors (Lipinski definition) is 0.